The molecule has 118 valence electrons. The van der Waals surface area contributed by atoms with Gasteiger partial charge in [0, 0.05) is 31.9 Å². The molecule has 0 atom stereocenters. The topological polar surface area (TPSA) is 73.6 Å². The SMILES string of the molecule is COc1cc(NC(=O)CCc2coc(C)n2)c(OC)cc1Cl. The van der Waals surface area contributed by atoms with Gasteiger partial charge in [-0.15, -0.1) is 0 Å². The Morgan fingerprint density at radius 3 is 2.64 bits per heavy atom. The summed E-state index contributed by atoms with van der Waals surface area (Å²) < 4.78 is 15.4. The maximum atomic E-state index is 12.0. The lowest BCUT2D eigenvalue weighted by Crippen LogP contribution is -2.13. The second-order valence-corrected chi connectivity index (χ2v) is 5.00. The fraction of sp³-hybridized carbons (Fsp3) is 0.333. The molecule has 1 heterocycles. The number of amides is 1. The van der Waals surface area contributed by atoms with Crippen molar-refractivity contribution in [2.24, 2.45) is 0 Å². The number of hydrogen-bond donors (Lipinski definition) is 1. The van der Waals surface area contributed by atoms with E-state index in [0.717, 1.165) is 5.69 Å². The minimum Gasteiger partial charge on any atom is -0.495 e. The molecular weight excluding hydrogens is 308 g/mol. The number of nitrogens with zero attached hydrogens (tertiary/aromatic N) is 1. The summed E-state index contributed by atoms with van der Waals surface area (Å²) in [5, 5.41) is 3.19. The van der Waals surface area contributed by atoms with Crippen LogP contribution in [-0.4, -0.2) is 25.1 Å². The van der Waals surface area contributed by atoms with Crippen LogP contribution in [-0.2, 0) is 11.2 Å². The van der Waals surface area contributed by atoms with Gasteiger partial charge in [-0.1, -0.05) is 11.6 Å². The summed E-state index contributed by atoms with van der Waals surface area (Å²) in [4.78, 5) is 16.2. The van der Waals surface area contributed by atoms with Gasteiger partial charge in [0.25, 0.3) is 0 Å². The van der Waals surface area contributed by atoms with E-state index in [1.54, 1.807) is 25.3 Å². The molecule has 1 aromatic heterocycles. The molecule has 1 amide bonds. The summed E-state index contributed by atoms with van der Waals surface area (Å²) in [7, 11) is 3.01. The Hall–Kier alpha value is -2.21. The standard InChI is InChI=1S/C15H17ClN2O4/c1-9-17-10(8-22-9)4-5-15(19)18-12-7-13(20-2)11(16)6-14(12)21-3/h6-8H,4-5H2,1-3H3,(H,18,19). The van der Waals surface area contributed by atoms with Crippen molar-refractivity contribution >= 4 is 23.2 Å². The van der Waals surface area contributed by atoms with Crippen LogP contribution in [0, 0.1) is 6.92 Å². The van der Waals surface area contributed by atoms with Crippen molar-refractivity contribution in [2.45, 2.75) is 19.8 Å². The molecule has 0 saturated heterocycles. The molecule has 1 aromatic carbocycles. The van der Waals surface area contributed by atoms with E-state index in [0.29, 0.717) is 34.5 Å². The molecule has 0 aliphatic carbocycles. The average Bonchev–Trinajstić information content (AvgIpc) is 2.92. The Kier molecular flexibility index (Phi) is 5.27. The van der Waals surface area contributed by atoms with E-state index in [-0.39, 0.29) is 12.3 Å². The van der Waals surface area contributed by atoms with Gasteiger partial charge in [-0.2, -0.15) is 0 Å². The number of methoxy groups -OCH3 is 2. The van der Waals surface area contributed by atoms with Crippen LogP contribution in [0.2, 0.25) is 5.02 Å². The van der Waals surface area contributed by atoms with E-state index in [4.69, 9.17) is 25.5 Å². The average molecular weight is 325 g/mol. The molecule has 0 aliphatic rings. The Morgan fingerprint density at radius 2 is 2.05 bits per heavy atom. The maximum Gasteiger partial charge on any atom is 0.224 e. The van der Waals surface area contributed by atoms with Crippen LogP contribution in [0.15, 0.2) is 22.8 Å². The van der Waals surface area contributed by atoms with E-state index < -0.39 is 0 Å². The zero-order valence-corrected chi connectivity index (χ0v) is 13.4. The van der Waals surface area contributed by atoms with Gasteiger partial charge in [-0.25, -0.2) is 4.98 Å². The van der Waals surface area contributed by atoms with Gasteiger partial charge < -0.3 is 19.2 Å². The van der Waals surface area contributed by atoms with E-state index >= 15 is 0 Å². The third-order valence-corrected chi connectivity index (χ3v) is 3.32. The molecule has 0 aliphatic heterocycles. The van der Waals surface area contributed by atoms with Gasteiger partial charge in [-0.3, -0.25) is 4.79 Å². The quantitative estimate of drug-likeness (QED) is 0.883. The lowest BCUT2D eigenvalue weighted by molar-refractivity contribution is -0.116. The summed E-state index contributed by atoms with van der Waals surface area (Å²) in [5.41, 5.74) is 1.25. The molecule has 0 unspecified atom stereocenters. The number of carbonyl (C=O) groups excluding carboxylic acids is 1. The molecule has 0 fully saturated rings. The van der Waals surface area contributed by atoms with Crippen LogP contribution < -0.4 is 14.8 Å². The van der Waals surface area contributed by atoms with Crippen molar-refractivity contribution in [3.8, 4) is 11.5 Å². The summed E-state index contributed by atoms with van der Waals surface area (Å²) >= 11 is 6.02. The molecule has 1 N–H and O–H groups in total. The molecule has 0 bridgehead atoms. The van der Waals surface area contributed by atoms with E-state index in [1.165, 1.54) is 14.2 Å². The summed E-state index contributed by atoms with van der Waals surface area (Å²) in [6, 6.07) is 3.22. The number of halogens is 1. The first-order valence-electron chi connectivity index (χ1n) is 6.66. The summed E-state index contributed by atoms with van der Waals surface area (Å²) in [6.45, 7) is 1.76. The van der Waals surface area contributed by atoms with Crippen molar-refractivity contribution in [1.29, 1.82) is 0 Å². The van der Waals surface area contributed by atoms with Crippen molar-refractivity contribution in [3.63, 3.8) is 0 Å². The van der Waals surface area contributed by atoms with Gasteiger partial charge in [0.1, 0.15) is 17.8 Å². The first-order valence-corrected chi connectivity index (χ1v) is 7.03. The van der Waals surface area contributed by atoms with Gasteiger partial charge >= 0.3 is 0 Å². The van der Waals surface area contributed by atoms with Crippen molar-refractivity contribution in [1.82, 2.24) is 4.98 Å². The summed E-state index contributed by atoms with van der Waals surface area (Å²) in [6.07, 6.45) is 2.32. The van der Waals surface area contributed by atoms with Crippen LogP contribution in [0.25, 0.3) is 0 Å². The third-order valence-electron chi connectivity index (χ3n) is 3.02. The fourth-order valence-electron chi connectivity index (χ4n) is 1.94. The molecule has 2 aromatic rings. The monoisotopic (exact) mass is 324 g/mol. The van der Waals surface area contributed by atoms with E-state index in [9.17, 15) is 4.79 Å². The van der Waals surface area contributed by atoms with Gasteiger partial charge in [0.15, 0.2) is 5.89 Å². The maximum absolute atomic E-state index is 12.0. The zero-order valence-electron chi connectivity index (χ0n) is 12.6. The van der Waals surface area contributed by atoms with Crippen LogP contribution in [0.1, 0.15) is 18.0 Å². The first-order chi connectivity index (χ1) is 10.5. The number of rotatable bonds is 6. The minimum absolute atomic E-state index is 0.164. The fourth-order valence-corrected chi connectivity index (χ4v) is 2.17. The first kappa shape index (κ1) is 16.2. The number of nitrogens with one attached hydrogen (secondary N) is 1. The Morgan fingerprint density at radius 1 is 1.32 bits per heavy atom. The van der Waals surface area contributed by atoms with Crippen molar-refractivity contribution in [2.75, 3.05) is 19.5 Å². The molecule has 22 heavy (non-hydrogen) atoms. The van der Waals surface area contributed by atoms with E-state index in [2.05, 4.69) is 10.3 Å². The van der Waals surface area contributed by atoms with Crippen molar-refractivity contribution < 1.29 is 18.7 Å². The number of aromatic nitrogens is 1. The highest BCUT2D eigenvalue weighted by Crippen LogP contribution is 2.35. The highest BCUT2D eigenvalue weighted by molar-refractivity contribution is 6.32. The minimum atomic E-state index is -0.164. The second-order valence-electron chi connectivity index (χ2n) is 4.59. The predicted octanol–water partition coefficient (Wildman–Crippen LogP) is 3.22. The zero-order chi connectivity index (χ0) is 16.1. The highest BCUT2D eigenvalue weighted by atomic mass is 35.5. The molecular formula is C15H17ClN2O4. The Bertz CT molecular complexity index is 670. The number of benzene rings is 1. The summed E-state index contributed by atoms with van der Waals surface area (Å²) in [5.74, 6) is 1.35. The number of ether oxygens (including phenoxy) is 2. The lowest BCUT2D eigenvalue weighted by atomic mass is 10.2. The molecule has 0 radical (unpaired) electrons. The lowest BCUT2D eigenvalue weighted by Gasteiger charge is -2.13. The second kappa shape index (κ2) is 7.17. The molecule has 7 heteroatoms. The van der Waals surface area contributed by atoms with Crippen LogP contribution in [0.3, 0.4) is 0 Å². The normalized spacial score (nSPS) is 10.4. The Balaban J connectivity index is 2.04. The smallest absolute Gasteiger partial charge is 0.224 e. The third kappa shape index (κ3) is 3.92. The number of carbonyl (C=O) groups is 1. The van der Waals surface area contributed by atoms with Crippen molar-refractivity contribution in [3.05, 3.63) is 35.0 Å². The molecule has 2 rings (SSSR count). The van der Waals surface area contributed by atoms with Gasteiger partial charge in [0.2, 0.25) is 5.91 Å². The largest absolute Gasteiger partial charge is 0.495 e. The number of anilines is 1. The van der Waals surface area contributed by atoms with E-state index in [1.807, 2.05) is 0 Å². The predicted molar refractivity (Wildman–Crippen MR) is 82.7 cm³/mol. The van der Waals surface area contributed by atoms with Gasteiger partial charge in [-0.05, 0) is 0 Å². The number of aryl methyl sites for hydroxylation is 2. The Labute approximate surface area is 133 Å². The van der Waals surface area contributed by atoms with Crippen LogP contribution in [0.5, 0.6) is 11.5 Å². The highest BCUT2D eigenvalue weighted by Gasteiger charge is 2.13. The molecule has 0 spiro atoms. The van der Waals surface area contributed by atoms with Gasteiger partial charge in [0.05, 0.1) is 30.6 Å². The molecule has 0 saturated carbocycles. The van der Waals surface area contributed by atoms with Crippen LogP contribution in [0.4, 0.5) is 5.69 Å². The number of oxazole rings is 1. The number of hydrogen-bond acceptors (Lipinski definition) is 5. The van der Waals surface area contributed by atoms with Crippen LogP contribution >= 0.6 is 11.6 Å². The molecule has 6 nitrogen and oxygen atoms in total.